The zero-order chi connectivity index (χ0) is 9.07. The number of nitriles is 1. The Morgan fingerprint density at radius 2 is 2.18 bits per heavy atom. The molecule has 0 saturated carbocycles. The van der Waals surface area contributed by atoms with Crippen LogP contribution in [0.15, 0.2) is 0 Å². The van der Waals surface area contributed by atoms with Crippen molar-refractivity contribution in [2.45, 2.75) is 19.9 Å². The predicted octanol–water partition coefficient (Wildman–Crippen LogP) is 0.0365. The molecule has 0 heterocycles. The smallest absolute Gasteiger partial charge is 0.313 e. The van der Waals surface area contributed by atoms with Crippen LogP contribution in [0.4, 0.5) is 0 Å². The standard InChI is InChI=1S/C7H12N2O2/c1-7(2,5(9)4-8)6(10)11-3/h5H,9H2,1-3H3. The van der Waals surface area contributed by atoms with Crippen LogP contribution in [-0.4, -0.2) is 19.1 Å². The molecule has 0 aliphatic rings. The lowest BCUT2D eigenvalue weighted by Crippen LogP contribution is -2.42. The van der Waals surface area contributed by atoms with E-state index in [1.807, 2.05) is 0 Å². The molecular weight excluding hydrogens is 144 g/mol. The van der Waals surface area contributed by atoms with Gasteiger partial charge in [-0.2, -0.15) is 5.26 Å². The van der Waals surface area contributed by atoms with E-state index in [0.717, 1.165) is 0 Å². The minimum absolute atomic E-state index is 0.466. The lowest BCUT2D eigenvalue weighted by molar-refractivity contribution is -0.151. The number of hydrogen-bond acceptors (Lipinski definition) is 4. The summed E-state index contributed by atoms with van der Waals surface area (Å²) in [5, 5.41) is 8.43. The Kier molecular flexibility index (Phi) is 3.02. The minimum atomic E-state index is -0.927. The average Bonchev–Trinajstić information content (AvgIpc) is 2.01. The third-order valence-electron chi connectivity index (χ3n) is 1.63. The molecule has 0 radical (unpaired) electrons. The van der Waals surface area contributed by atoms with E-state index in [0.29, 0.717) is 0 Å². The molecule has 0 aromatic carbocycles. The number of ether oxygens (including phenoxy) is 1. The third-order valence-corrected chi connectivity index (χ3v) is 1.63. The Morgan fingerprint density at radius 1 is 1.73 bits per heavy atom. The van der Waals surface area contributed by atoms with Gasteiger partial charge in [0.05, 0.1) is 18.6 Å². The lowest BCUT2D eigenvalue weighted by Gasteiger charge is -2.22. The summed E-state index contributed by atoms with van der Waals surface area (Å²) < 4.78 is 4.47. The Hall–Kier alpha value is -1.08. The summed E-state index contributed by atoms with van der Waals surface area (Å²) in [6.07, 6.45) is 0. The number of rotatable bonds is 2. The molecule has 0 aliphatic carbocycles. The molecule has 0 aromatic rings. The summed E-state index contributed by atoms with van der Waals surface area (Å²) in [7, 11) is 1.27. The summed E-state index contributed by atoms with van der Waals surface area (Å²) >= 11 is 0. The van der Waals surface area contributed by atoms with E-state index in [9.17, 15) is 4.79 Å². The molecule has 0 fully saturated rings. The fraction of sp³-hybridized carbons (Fsp3) is 0.714. The Morgan fingerprint density at radius 3 is 2.45 bits per heavy atom. The molecule has 0 aliphatic heterocycles. The summed E-state index contributed by atoms with van der Waals surface area (Å²) in [4.78, 5) is 11.0. The van der Waals surface area contributed by atoms with Gasteiger partial charge in [-0.05, 0) is 13.8 Å². The predicted molar refractivity (Wildman–Crippen MR) is 39.4 cm³/mol. The van der Waals surface area contributed by atoms with E-state index >= 15 is 0 Å². The quantitative estimate of drug-likeness (QED) is 0.572. The Bertz CT molecular complexity index is 193. The van der Waals surface area contributed by atoms with E-state index < -0.39 is 17.4 Å². The first-order valence-corrected chi connectivity index (χ1v) is 3.20. The number of hydrogen-bond donors (Lipinski definition) is 1. The lowest BCUT2D eigenvalue weighted by atomic mass is 9.86. The van der Waals surface area contributed by atoms with Gasteiger partial charge in [0.2, 0.25) is 0 Å². The molecule has 0 amide bonds. The summed E-state index contributed by atoms with van der Waals surface area (Å²) in [5.41, 5.74) is 4.44. The van der Waals surface area contributed by atoms with E-state index in [1.165, 1.54) is 7.11 Å². The van der Waals surface area contributed by atoms with Gasteiger partial charge in [-0.15, -0.1) is 0 Å². The molecule has 4 nitrogen and oxygen atoms in total. The van der Waals surface area contributed by atoms with Crippen LogP contribution in [0.3, 0.4) is 0 Å². The maximum Gasteiger partial charge on any atom is 0.313 e. The molecule has 2 N–H and O–H groups in total. The molecule has 11 heavy (non-hydrogen) atoms. The molecule has 1 atom stereocenters. The molecule has 0 aromatic heterocycles. The summed E-state index contributed by atoms with van der Waals surface area (Å²) in [6, 6.07) is 0.973. The van der Waals surface area contributed by atoms with Crippen molar-refractivity contribution in [1.29, 1.82) is 5.26 Å². The second kappa shape index (κ2) is 3.35. The van der Waals surface area contributed by atoms with Crippen molar-refractivity contribution in [3.05, 3.63) is 0 Å². The van der Waals surface area contributed by atoms with Gasteiger partial charge >= 0.3 is 5.97 Å². The largest absolute Gasteiger partial charge is 0.469 e. The molecule has 0 saturated heterocycles. The minimum Gasteiger partial charge on any atom is -0.469 e. The first kappa shape index (κ1) is 9.92. The second-order valence-corrected chi connectivity index (χ2v) is 2.82. The van der Waals surface area contributed by atoms with Crippen molar-refractivity contribution in [3.8, 4) is 6.07 Å². The van der Waals surface area contributed by atoms with Gasteiger partial charge in [0, 0.05) is 0 Å². The van der Waals surface area contributed by atoms with Crippen molar-refractivity contribution in [3.63, 3.8) is 0 Å². The van der Waals surface area contributed by atoms with E-state index in [2.05, 4.69) is 4.74 Å². The first-order chi connectivity index (χ1) is 4.96. The van der Waals surface area contributed by atoms with Crippen LogP contribution in [0.5, 0.6) is 0 Å². The van der Waals surface area contributed by atoms with Gasteiger partial charge in [0.25, 0.3) is 0 Å². The fourth-order valence-electron chi connectivity index (χ4n) is 0.551. The normalized spacial score (nSPS) is 13.4. The van der Waals surface area contributed by atoms with Crippen LogP contribution in [0.1, 0.15) is 13.8 Å². The van der Waals surface area contributed by atoms with Crippen LogP contribution in [-0.2, 0) is 9.53 Å². The van der Waals surface area contributed by atoms with Crippen LogP contribution in [0.2, 0.25) is 0 Å². The highest BCUT2D eigenvalue weighted by Crippen LogP contribution is 2.19. The van der Waals surface area contributed by atoms with Gasteiger partial charge in [0.1, 0.15) is 6.04 Å². The molecule has 0 spiro atoms. The third kappa shape index (κ3) is 1.92. The highest BCUT2D eigenvalue weighted by molar-refractivity contribution is 5.77. The zero-order valence-electron chi connectivity index (χ0n) is 6.92. The molecule has 4 heteroatoms. The SMILES string of the molecule is COC(=O)C(C)(C)C(N)C#N. The molecular formula is C7H12N2O2. The fourth-order valence-corrected chi connectivity index (χ4v) is 0.551. The highest BCUT2D eigenvalue weighted by Gasteiger charge is 2.35. The number of carbonyl (C=O) groups is 1. The Balaban J connectivity index is 4.47. The summed E-state index contributed by atoms with van der Waals surface area (Å²) in [6.45, 7) is 3.15. The number of methoxy groups -OCH3 is 1. The summed E-state index contributed by atoms with van der Waals surface area (Å²) in [5.74, 6) is -0.466. The number of carbonyl (C=O) groups excluding carboxylic acids is 1. The van der Waals surface area contributed by atoms with Gasteiger partial charge in [-0.3, -0.25) is 4.79 Å². The van der Waals surface area contributed by atoms with Gasteiger partial charge < -0.3 is 10.5 Å². The first-order valence-electron chi connectivity index (χ1n) is 3.20. The van der Waals surface area contributed by atoms with E-state index in [4.69, 9.17) is 11.0 Å². The number of nitrogens with zero attached hydrogens (tertiary/aromatic N) is 1. The molecule has 0 bridgehead atoms. The number of esters is 1. The van der Waals surface area contributed by atoms with Crippen LogP contribution >= 0.6 is 0 Å². The van der Waals surface area contributed by atoms with E-state index in [1.54, 1.807) is 19.9 Å². The van der Waals surface area contributed by atoms with Crippen molar-refractivity contribution >= 4 is 5.97 Å². The van der Waals surface area contributed by atoms with Crippen LogP contribution in [0, 0.1) is 16.7 Å². The van der Waals surface area contributed by atoms with Crippen LogP contribution < -0.4 is 5.73 Å². The second-order valence-electron chi connectivity index (χ2n) is 2.82. The van der Waals surface area contributed by atoms with Gasteiger partial charge in [-0.25, -0.2) is 0 Å². The van der Waals surface area contributed by atoms with Crippen molar-refractivity contribution in [2.75, 3.05) is 7.11 Å². The number of nitrogens with two attached hydrogens (primary N) is 1. The van der Waals surface area contributed by atoms with Gasteiger partial charge in [0.15, 0.2) is 0 Å². The Labute approximate surface area is 65.9 Å². The zero-order valence-corrected chi connectivity index (χ0v) is 6.92. The molecule has 0 rings (SSSR count). The van der Waals surface area contributed by atoms with Crippen LogP contribution in [0.25, 0.3) is 0 Å². The molecule has 62 valence electrons. The molecule has 1 unspecified atom stereocenters. The monoisotopic (exact) mass is 156 g/mol. The average molecular weight is 156 g/mol. The maximum atomic E-state index is 11.0. The topological polar surface area (TPSA) is 76.1 Å². The van der Waals surface area contributed by atoms with Crippen molar-refractivity contribution < 1.29 is 9.53 Å². The van der Waals surface area contributed by atoms with Crippen molar-refractivity contribution in [2.24, 2.45) is 11.1 Å². The van der Waals surface area contributed by atoms with E-state index in [-0.39, 0.29) is 0 Å². The maximum absolute atomic E-state index is 11.0. The van der Waals surface area contributed by atoms with Crippen molar-refractivity contribution in [1.82, 2.24) is 0 Å². The highest BCUT2D eigenvalue weighted by atomic mass is 16.5. The van der Waals surface area contributed by atoms with Gasteiger partial charge in [-0.1, -0.05) is 0 Å².